The van der Waals surface area contributed by atoms with Crippen molar-refractivity contribution >= 4 is 5.91 Å². The Morgan fingerprint density at radius 2 is 1.88 bits per heavy atom. The van der Waals surface area contributed by atoms with E-state index >= 15 is 0 Å². The Kier molecular flexibility index (Phi) is 4.11. The van der Waals surface area contributed by atoms with Crippen molar-refractivity contribution in [3.05, 3.63) is 35.6 Å². The first-order valence-electron chi connectivity index (χ1n) is 9.41. The molecular formula is C20H27FN2O. The van der Waals surface area contributed by atoms with E-state index in [9.17, 15) is 9.18 Å². The Morgan fingerprint density at radius 3 is 2.46 bits per heavy atom. The lowest BCUT2D eigenvalue weighted by molar-refractivity contribution is -0.132. The molecule has 3 aliphatic rings. The average Bonchev–Trinajstić information content (AvgIpc) is 2.47. The van der Waals surface area contributed by atoms with Crippen molar-refractivity contribution < 1.29 is 9.18 Å². The molecule has 2 atom stereocenters. The van der Waals surface area contributed by atoms with E-state index < -0.39 is 5.41 Å². The molecule has 3 saturated carbocycles. The van der Waals surface area contributed by atoms with Crippen LogP contribution in [-0.4, -0.2) is 18.0 Å². The summed E-state index contributed by atoms with van der Waals surface area (Å²) in [5, 5.41) is 3.39. The van der Waals surface area contributed by atoms with Gasteiger partial charge in [0.1, 0.15) is 5.82 Å². The molecule has 1 aromatic carbocycles. The molecule has 3 fully saturated rings. The minimum absolute atomic E-state index is 0.108. The van der Waals surface area contributed by atoms with Crippen LogP contribution in [0.2, 0.25) is 0 Å². The van der Waals surface area contributed by atoms with Crippen LogP contribution < -0.4 is 11.1 Å². The van der Waals surface area contributed by atoms with Crippen molar-refractivity contribution in [2.45, 2.75) is 68.9 Å². The number of halogens is 1. The minimum atomic E-state index is -0.518. The van der Waals surface area contributed by atoms with Gasteiger partial charge in [0, 0.05) is 12.1 Å². The lowest BCUT2D eigenvalue weighted by Gasteiger charge is -2.48. The molecule has 2 bridgehead atoms. The first-order chi connectivity index (χ1) is 11.6. The zero-order valence-corrected chi connectivity index (χ0v) is 14.1. The predicted molar refractivity (Wildman–Crippen MR) is 91.9 cm³/mol. The fourth-order valence-corrected chi connectivity index (χ4v) is 5.28. The summed E-state index contributed by atoms with van der Waals surface area (Å²) in [7, 11) is 0. The zero-order chi connectivity index (χ0) is 16.7. The molecule has 1 aromatic rings. The van der Waals surface area contributed by atoms with E-state index in [0.717, 1.165) is 37.7 Å². The van der Waals surface area contributed by atoms with Gasteiger partial charge < -0.3 is 11.1 Å². The number of nitrogens with one attached hydrogen (secondary N) is 1. The zero-order valence-electron chi connectivity index (χ0n) is 14.1. The quantitative estimate of drug-likeness (QED) is 0.894. The van der Waals surface area contributed by atoms with E-state index in [0.29, 0.717) is 11.8 Å². The first-order valence-corrected chi connectivity index (χ1v) is 9.41. The van der Waals surface area contributed by atoms with Crippen molar-refractivity contribution in [2.24, 2.45) is 17.6 Å². The molecule has 4 heteroatoms. The summed E-state index contributed by atoms with van der Waals surface area (Å²) >= 11 is 0. The summed E-state index contributed by atoms with van der Waals surface area (Å²) < 4.78 is 13.7. The second kappa shape index (κ2) is 6.14. The van der Waals surface area contributed by atoms with Gasteiger partial charge in [-0.3, -0.25) is 4.79 Å². The van der Waals surface area contributed by atoms with Crippen LogP contribution in [0.25, 0.3) is 0 Å². The maximum Gasteiger partial charge on any atom is 0.230 e. The van der Waals surface area contributed by atoms with Gasteiger partial charge in [0.05, 0.1) is 5.41 Å². The molecule has 0 radical (unpaired) electrons. The fourth-order valence-electron chi connectivity index (χ4n) is 5.28. The normalized spacial score (nSPS) is 34.2. The average molecular weight is 330 g/mol. The maximum absolute atomic E-state index is 13.7. The Hall–Kier alpha value is -1.42. The molecule has 0 heterocycles. The number of nitrogens with two attached hydrogens (primary N) is 1. The van der Waals surface area contributed by atoms with Crippen molar-refractivity contribution in [2.75, 3.05) is 0 Å². The number of fused-ring (bicyclic) bond motifs is 2. The molecule has 0 aliphatic heterocycles. The molecule has 0 aromatic heterocycles. The number of rotatable bonds is 3. The van der Waals surface area contributed by atoms with Gasteiger partial charge in [-0.15, -0.1) is 0 Å². The van der Waals surface area contributed by atoms with Crippen molar-refractivity contribution in [3.63, 3.8) is 0 Å². The number of hydrogen-bond acceptors (Lipinski definition) is 2. The Balaban J connectivity index is 1.55. The summed E-state index contributed by atoms with van der Waals surface area (Å²) in [6.07, 6.45) is 8.32. The minimum Gasteiger partial charge on any atom is -0.352 e. The number of carbonyl (C=O) groups excluding carboxylic acids is 1. The van der Waals surface area contributed by atoms with E-state index in [-0.39, 0.29) is 23.8 Å². The number of amides is 1. The summed E-state index contributed by atoms with van der Waals surface area (Å²) in [6.45, 7) is 0. The molecule has 4 rings (SSSR count). The summed E-state index contributed by atoms with van der Waals surface area (Å²) in [5.74, 6) is 0.881. The van der Waals surface area contributed by atoms with Crippen molar-refractivity contribution in [1.29, 1.82) is 0 Å². The standard InChI is InChI=1S/C20H27FN2O/c21-16-7-2-6-15(12-16)20(8-3-9-20)19(24)23-18-13-4-1-5-14(18)11-17(22)10-13/h2,6-7,12-14,17-18H,1,3-5,8-11,22H2,(H,23,24). The third-order valence-corrected chi connectivity index (χ3v) is 6.69. The Bertz CT molecular complexity index is 614. The second-order valence-electron chi connectivity index (χ2n) is 8.13. The van der Waals surface area contributed by atoms with Gasteiger partial charge in [0.15, 0.2) is 0 Å². The van der Waals surface area contributed by atoms with Crippen LogP contribution in [0, 0.1) is 17.7 Å². The largest absolute Gasteiger partial charge is 0.352 e. The van der Waals surface area contributed by atoms with Crippen LogP contribution in [0.1, 0.15) is 56.9 Å². The maximum atomic E-state index is 13.7. The van der Waals surface area contributed by atoms with Crippen LogP contribution in [0.3, 0.4) is 0 Å². The highest BCUT2D eigenvalue weighted by Gasteiger charge is 2.48. The van der Waals surface area contributed by atoms with E-state index in [1.807, 2.05) is 6.07 Å². The lowest BCUT2D eigenvalue weighted by Crippen LogP contribution is -2.59. The number of hydrogen-bond donors (Lipinski definition) is 2. The van der Waals surface area contributed by atoms with Crippen LogP contribution in [0.5, 0.6) is 0 Å². The molecule has 2 unspecified atom stereocenters. The SMILES string of the molecule is NC1CC2CCCC(C1)C2NC(=O)C1(c2cccc(F)c2)CCC1. The summed E-state index contributed by atoms with van der Waals surface area (Å²) in [6, 6.07) is 7.15. The Morgan fingerprint density at radius 1 is 1.17 bits per heavy atom. The topological polar surface area (TPSA) is 55.1 Å². The van der Waals surface area contributed by atoms with Crippen LogP contribution in [-0.2, 0) is 10.2 Å². The van der Waals surface area contributed by atoms with Crippen molar-refractivity contribution in [3.8, 4) is 0 Å². The molecule has 1 amide bonds. The summed E-state index contributed by atoms with van der Waals surface area (Å²) in [4.78, 5) is 13.2. The van der Waals surface area contributed by atoms with Crippen molar-refractivity contribution in [1.82, 2.24) is 5.32 Å². The molecule has 3 aliphatic carbocycles. The van der Waals surface area contributed by atoms with E-state index in [2.05, 4.69) is 5.32 Å². The monoisotopic (exact) mass is 330 g/mol. The van der Waals surface area contributed by atoms with E-state index in [1.54, 1.807) is 6.07 Å². The van der Waals surface area contributed by atoms with E-state index in [4.69, 9.17) is 5.73 Å². The van der Waals surface area contributed by atoms with Gasteiger partial charge in [-0.2, -0.15) is 0 Å². The highest BCUT2D eigenvalue weighted by Crippen LogP contribution is 2.46. The highest BCUT2D eigenvalue weighted by atomic mass is 19.1. The van der Waals surface area contributed by atoms with Crippen LogP contribution in [0.4, 0.5) is 4.39 Å². The number of carbonyl (C=O) groups is 1. The van der Waals surface area contributed by atoms with Gasteiger partial charge in [-0.05, 0) is 68.1 Å². The molecule has 3 N–H and O–H groups in total. The number of benzene rings is 1. The second-order valence-corrected chi connectivity index (χ2v) is 8.13. The molecule has 0 saturated heterocycles. The highest BCUT2D eigenvalue weighted by molar-refractivity contribution is 5.89. The lowest BCUT2D eigenvalue weighted by atomic mass is 9.62. The Labute approximate surface area is 143 Å². The van der Waals surface area contributed by atoms with Crippen LogP contribution in [0.15, 0.2) is 24.3 Å². The summed E-state index contributed by atoms with van der Waals surface area (Å²) in [5.41, 5.74) is 6.51. The van der Waals surface area contributed by atoms with Gasteiger partial charge in [-0.25, -0.2) is 4.39 Å². The van der Waals surface area contributed by atoms with Gasteiger partial charge in [0.2, 0.25) is 5.91 Å². The molecular weight excluding hydrogens is 303 g/mol. The third-order valence-electron chi connectivity index (χ3n) is 6.69. The van der Waals surface area contributed by atoms with Gasteiger partial charge in [-0.1, -0.05) is 25.0 Å². The third kappa shape index (κ3) is 2.65. The molecule has 24 heavy (non-hydrogen) atoms. The first kappa shape index (κ1) is 16.1. The van der Waals surface area contributed by atoms with E-state index in [1.165, 1.54) is 31.4 Å². The predicted octanol–water partition coefficient (Wildman–Crippen LogP) is 3.27. The molecule has 130 valence electrons. The van der Waals surface area contributed by atoms with Gasteiger partial charge >= 0.3 is 0 Å². The molecule has 0 spiro atoms. The smallest absolute Gasteiger partial charge is 0.230 e. The van der Waals surface area contributed by atoms with Crippen LogP contribution >= 0.6 is 0 Å². The fraction of sp³-hybridized carbons (Fsp3) is 0.650. The molecule has 3 nitrogen and oxygen atoms in total. The van der Waals surface area contributed by atoms with Gasteiger partial charge in [0.25, 0.3) is 0 Å².